The van der Waals surface area contributed by atoms with Gasteiger partial charge in [-0.3, -0.25) is 4.79 Å². The fourth-order valence-corrected chi connectivity index (χ4v) is 2.62. The predicted molar refractivity (Wildman–Crippen MR) is 75.2 cm³/mol. The van der Waals surface area contributed by atoms with E-state index in [2.05, 4.69) is 10.6 Å². The minimum absolute atomic E-state index is 0.120. The molecule has 1 aliphatic rings. The van der Waals surface area contributed by atoms with Gasteiger partial charge in [-0.25, -0.2) is 9.18 Å². The van der Waals surface area contributed by atoms with Gasteiger partial charge in [0.2, 0.25) is 0 Å². The number of urea groups is 1. The summed E-state index contributed by atoms with van der Waals surface area (Å²) in [6.45, 7) is 1.77. The summed E-state index contributed by atoms with van der Waals surface area (Å²) in [6, 6.07) is 5.26. The molecule has 1 fully saturated rings. The molecule has 0 radical (unpaired) electrons. The Bertz CT molecular complexity index is 535. The molecule has 0 bridgehead atoms. The van der Waals surface area contributed by atoms with Crippen molar-refractivity contribution in [2.45, 2.75) is 38.3 Å². The van der Waals surface area contributed by atoms with E-state index in [9.17, 15) is 14.0 Å². The van der Waals surface area contributed by atoms with Crippen molar-refractivity contribution in [2.75, 3.05) is 0 Å². The number of halogens is 1. The van der Waals surface area contributed by atoms with E-state index in [4.69, 9.17) is 5.11 Å². The number of hydrogen-bond donors (Lipinski definition) is 3. The fraction of sp³-hybridized carbons (Fsp3) is 0.467. The van der Waals surface area contributed by atoms with Crippen molar-refractivity contribution in [3.63, 3.8) is 0 Å². The molecule has 5 nitrogen and oxygen atoms in total. The van der Waals surface area contributed by atoms with Gasteiger partial charge in [-0.05, 0) is 43.9 Å². The topological polar surface area (TPSA) is 78.4 Å². The number of amides is 2. The van der Waals surface area contributed by atoms with E-state index in [0.717, 1.165) is 0 Å². The number of hydrogen-bond acceptors (Lipinski definition) is 2. The van der Waals surface area contributed by atoms with E-state index in [0.29, 0.717) is 24.8 Å². The zero-order valence-electron chi connectivity index (χ0n) is 11.8. The minimum Gasteiger partial charge on any atom is -0.481 e. The monoisotopic (exact) mass is 294 g/mol. The van der Waals surface area contributed by atoms with E-state index in [1.54, 1.807) is 19.1 Å². The highest BCUT2D eigenvalue weighted by molar-refractivity contribution is 5.75. The summed E-state index contributed by atoms with van der Waals surface area (Å²) in [5, 5.41) is 14.4. The maximum atomic E-state index is 13.1. The number of carbonyl (C=O) groups is 2. The standard InChI is InChI=1S/C15H19FN2O3/c1-9(10-3-2-4-12(16)7-10)17-15(21)18-13-6-5-11(8-13)14(19)20/h2-4,7,9,11,13H,5-6,8H2,1H3,(H,19,20)(H2,17,18,21)/t9?,11-,13+/m1/s1. The number of nitrogens with one attached hydrogen (secondary N) is 2. The van der Waals surface area contributed by atoms with Crippen LogP contribution in [0.5, 0.6) is 0 Å². The molecule has 21 heavy (non-hydrogen) atoms. The Morgan fingerprint density at radius 2 is 2.14 bits per heavy atom. The number of aliphatic carboxylic acids is 1. The molecule has 1 aromatic carbocycles. The van der Waals surface area contributed by atoms with E-state index in [1.165, 1.54) is 12.1 Å². The molecule has 0 spiro atoms. The van der Waals surface area contributed by atoms with Crippen molar-refractivity contribution < 1.29 is 19.1 Å². The number of rotatable bonds is 4. The van der Waals surface area contributed by atoms with Gasteiger partial charge in [0, 0.05) is 6.04 Å². The SMILES string of the molecule is CC(NC(=O)N[C@H]1CC[C@@H](C(=O)O)C1)c1cccc(F)c1. The lowest BCUT2D eigenvalue weighted by Crippen LogP contribution is -2.42. The molecule has 1 saturated carbocycles. The van der Waals surface area contributed by atoms with Crippen LogP contribution in [0.1, 0.15) is 37.8 Å². The molecule has 2 rings (SSSR count). The summed E-state index contributed by atoms with van der Waals surface area (Å²) in [6.07, 6.45) is 1.70. The Labute approximate surface area is 122 Å². The Hall–Kier alpha value is -2.11. The normalized spacial score (nSPS) is 22.6. The van der Waals surface area contributed by atoms with Crippen LogP contribution in [0.4, 0.5) is 9.18 Å². The highest BCUT2D eigenvalue weighted by atomic mass is 19.1. The van der Waals surface area contributed by atoms with Crippen molar-refractivity contribution in [3.8, 4) is 0 Å². The second-order valence-electron chi connectivity index (χ2n) is 5.44. The lowest BCUT2D eigenvalue weighted by molar-refractivity contribution is -0.141. The molecule has 0 heterocycles. The minimum atomic E-state index is -0.812. The van der Waals surface area contributed by atoms with E-state index >= 15 is 0 Å². The highest BCUT2D eigenvalue weighted by Gasteiger charge is 2.30. The van der Waals surface area contributed by atoms with Crippen LogP contribution in [-0.2, 0) is 4.79 Å². The summed E-state index contributed by atoms with van der Waals surface area (Å²) in [5.41, 5.74) is 0.681. The van der Waals surface area contributed by atoms with Crippen LogP contribution in [0, 0.1) is 11.7 Å². The van der Waals surface area contributed by atoms with Crippen LogP contribution in [0.2, 0.25) is 0 Å². The van der Waals surface area contributed by atoms with Gasteiger partial charge in [-0.1, -0.05) is 12.1 Å². The average Bonchev–Trinajstić information content (AvgIpc) is 2.87. The third-order valence-electron chi connectivity index (χ3n) is 3.81. The molecular weight excluding hydrogens is 275 g/mol. The van der Waals surface area contributed by atoms with E-state index < -0.39 is 5.97 Å². The van der Waals surface area contributed by atoms with Crippen molar-refractivity contribution in [2.24, 2.45) is 5.92 Å². The van der Waals surface area contributed by atoms with Crippen molar-refractivity contribution in [1.29, 1.82) is 0 Å². The Morgan fingerprint density at radius 1 is 1.38 bits per heavy atom. The highest BCUT2D eigenvalue weighted by Crippen LogP contribution is 2.25. The molecule has 2 amide bonds. The first-order chi connectivity index (χ1) is 9.95. The van der Waals surface area contributed by atoms with Crippen molar-refractivity contribution in [1.82, 2.24) is 10.6 Å². The third-order valence-corrected chi connectivity index (χ3v) is 3.81. The third kappa shape index (κ3) is 4.18. The van der Waals surface area contributed by atoms with Crippen molar-refractivity contribution in [3.05, 3.63) is 35.6 Å². The Balaban J connectivity index is 1.83. The Morgan fingerprint density at radius 3 is 2.76 bits per heavy atom. The Kier molecular flexibility index (Phi) is 4.77. The van der Waals surface area contributed by atoms with Crippen LogP contribution in [0.15, 0.2) is 24.3 Å². The number of benzene rings is 1. The first-order valence-corrected chi connectivity index (χ1v) is 7.01. The van der Waals surface area contributed by atoms with Gasteiger partial charge in [0.25, 0.3) is 0 Å². The maximum Gasteiger partial charge on any atom is 0.315 e. The molecule has 6 heteroatoms. The molecule has 114 valence electrons. The summed E-state index contributed by atoms with van der Waals surface area (Å²) >= 11 is 0. The average molecular weight is 294 g/mol. The van der Waals surface area contributed by atoms with Gasteiger partial charge < -0.3 is 15.7 Å². The number of carboxylic acids is 1. The smallest absolute Gasteiger partial charge is 0.315 e. The molecular formula is C15H19FN2O3. The maximum absolute atomic E-state index is 13.1. The van der Waals surface area contributed by atoms with Crippen LogP contribution in [-0.4, -0.2) is 23.1 Å². The summed E-state index contributed by atoms with van der Waals surface area (Å²) in [5.74, 6) is -1.54. The summed E-state index contributed by atoms with van der Waals surface area (Å²) < 4.78 is 13.1. The van der Waals surface area contributed by atoms with Crippen LogP contribution >= 0.6 is 0 Å². The van der Waals surface area contributed by atoms with Gasteiger partial charge in [0.15, 0.2) is 0 Å². The van der Waals surface area contributed by atoms with Gasteiger partial charge in [-0.2, -0.15) is 0 Å². The number of carboxylic acid groups (broad SMARTS) is 1. The fourth-order valence-electron chi connectivity index (χ4n) is 2.62. The molecule has 1 aromatic rings. The van der Waals surface area contributed by atoms with Crippen LogP contribution in [0.25, 0.3) is 0 Å². The summed E-state index contributed by atoms with van der Waals surface area (Å²) in [7, 11) is 0. The zero-order valence-corrected chi connectivity index (χ0v) is 11.8. The molecule has 1 unspecified atom stereocenters. The molecule has 3 N–H and O–H groups in total. The molecule has 0 aliphatic heterocycles. The van der Waals surface area contributed by atoms with Gasteiger partial charge in [-0.15, -0.1) is 0 Å². The van der Waals surface area contributed by atoms with Gasteiger partial charge >= 0.3 is 12.0 Å². The van der Waals surface area contributed by atoms with E-state index in [1.807, 2.05) is 0 Å². The first kappa shape index (κ1) is 15.3. The molecule has 1 aliphatic carbocycles. The lowest BCUT2D eigenvalue weighted by atomic mass is 10.1. The largest absolute Gasteiger partial charge is 0.481 e. The van der Waals surface area contributed by atoms with Gasteiger partial charge in [0.1, 0.15) is 5.82 Å². The second kappa shape index (κ2) is 6.56. The van der Waals surface area contributed by atoms with Gasteiger partial charge in [0.05, 0.1) is 12.0 Å². The zero-order chi connectivity index (χ0) is 15.4. The second-order valence-corrected chi connectivity index (χ2v) is 5.44. The molecule has 0 saturated heterocycles. The predicted octanol–water partition coefficient (Wildman–Crippen LogP) is 2.44. The molecule has 0 aromatic heterocycles. The van der Waals surface area contributed by atoms with E-state index in [-0.39, 0.29) is 29.8 Å². The molecule has 3 atom stereocenters. The quantitative estimate of drug-likeness (QED) is 0.798. The van der Waals surface area contributed by atoms with Crippen LogP contribution in [0.3, 0.4) is 0 Å². The van der Waals surface area contributed by atoms with Crippen LogP contribution < -0.4 is 10.6 Å². The van der Waals surface area contributed by atoms with Crippen molar-refractivity contribution >= 4 is 12.0 Å². The lowest BCUT2D eigenvalue weighted by Gasteiger charge is -2.18. The first-order valence-electron chi connectivity index (χ1n) is 7.01. The summed E-state index contributed by atoms with van der Waals surface area (Å²) in [4.78, 5) is 22.7. The number of carbonyl (C=O) groups excluding carboxylic acids is 1.